The van der Waals surface area contributed by atoms with Crippen LogP contribution in [-0.4, -0.2) is 23.9 Å². The number of thiazole rings is 1. The van der Waals surface area contributed by atoms with Crippen molar-refractivity contribution in [3.63, 3.8) is 0 Å². The van der Waals surface area contributed by atoms with E-state index in [2.05, 4.69) is 18.8 Å². The molecule has 4 nitrogen and oxygen atoms in total. The predicted molar refractivity (Wildman–Crippen MR) is 122 cm³/mol. The van der Waals surface area contributed by atoms with Crippen LogP contribution in [0.15, 0.2) is 41.9 Å². The highest BCUT2D eigenvalue weighted by atomic mass is 32.2. The van der Waals surface area contributed by atoms with Crippen molar-refractivity contribution in [3.05, 3.63) is 58.7 Å². The fourth-order valence-corrected chi connectivity index (χ4v) is 5.05. The quantitative estimate of drug-likeness (QED) is 0.379. The Morgan fingerprint density at radius 1 is 1.03 bits per heavy atom. The molecule has 3 rings (SSSR count). The second-order valence-corrected chi connectivity index (χ2v) is 11.3. The molecule has 1 aromatic carbocycles. The van der Waals surface area contributed by atoms with Crippen molar-refractivity contribution in [2.24, 2.45) is 5.92 Å². The molecule has 0 spiro atoms. The van der Waals surface area contributed by atoms with Gasteiger partial charge in [-0.1, -0.05) is 39.8 Å². The molecule has 0 unspecified atom stereocenters. The molecule has 2 aromatic heterocycles. The van der Waals surface area contributed by atoms with Gasteiger partial charge in [-0.05, 0) is 47.6 Å². The summed E-state index contributed by atoms with van der Waals surface area (Å²) in [6.07, 6.45) is 2.63. The van der Waals surface area contributed by atoms with Gasteiger partial charge in [-0.15, -0.1) is 11.3 Å². The maximum Gasteiger partial charge on any atom is 0.497 e. The highest BCUT2D eigenvalue weighted by Crippen LogP contribution is 2.34. The SMILES string of the molecule is CC(C)Cc1cc(-c2nc(-c3ccc(CS(=O)(=O)C(F)(F)F)c(C(C)C)c3)cs2)ccn1. The fourth-order valence-electron chi connectivity index (χ4n) is 3.39. The molecule has 0 aliphatic heterocycles. The van der Waals surface area contributed by atoms with E-state index in [4.69, 9.17) is 4.98 Å². The average molecular weight is 483 g/mol. The molecule has 0 amide bonds. The second kappa shape index (κ2) is 9.31. The van der Waals surface area contributed by atoms with E-state index in [0.29, 0.717) is 17.2 Å². The van der Waals surface area contributed by atoms with Gasteiger partial charge in [0.2, 0.25) is 0 Å². The van der Waals surface area contributed by atoms with Crippen molar-refractivity contribution < 1.29 is 21.6 Å². The summed E-state index contributed by atoms with van der Waals surface area (Å²) in [4.78, 5) is 9.11. The van der Waals surface area contributed by atoms with Crippen LogP contribution in [0.2, 0.25) is 0 Å². The van der Waals surface area contributed by atoms with Crippen LogP contribution in [0.3, 0.4) is 0 Å². The molecule has 9 heteroatoms. The molecule has 0 saturated carbocycles. The molecule has 0 saturated heterocycles. The van der Waals surface area contributed by atoms with E-state index >= 15 is 0 Å². The smallest absolute Gasteiger partial charge is 0.261 e. The predicted octanol–water partition coefficient (Wildman–Crippen LogP) is 6.63. The monoisotopic (exact) mass is 482 g/mol. The third-order valence-electron chi connectivity index (χ3n) is 4.95. The van der Waals surface area contributed by atoms with Crippen molar-refractivity contribution in [3.8, 4) is 21.8 Å². The summed E-state index contributed by atoms with van der Waals surface area (Å²) in [5.74, 6) is -0.730. The van der Waals surface area contributed by atoms with E-state index in [1.165, 1.54) is 17.4 Å². The second-order valence-electron chi connectivity index (χ2n) is 8.44. The van der Waals surface area contributed by atoms with E-state index < -0.39 is 21.1 Å². The molecule has 0 atom stereocenters. The number of pyridine rings is 1. The van der Waals surface area contributed by atoms with Crippen LogP contribution in [-0.2, 0) is 22.0 Å². The van der Waals surface area contributed by atoms with Gasteiger partial charge in [-0.3, -0.25) is 4.98 Å². The summed E-state index contributed by atoms with van der Waals surface area (Å²) < 4.78 is 61.9. The minimum Gasteiger partial charge on any atom is -0.261 e. The van der Waals surface area contributed by atoms with Gasteiger partial charge in [0.05, 0.1) is 11.4 Å². The molecule has 0 bridgehead atoms. The minimum atomic E-state index is -5.28. The van der Waals surface area contributed by atoms with E-state index in [1.807, 2.05) is 31.4 Å². The van der Waals surface area contributed by atoms with Gasteiger partial charge in [0.25, 0.3) is 9.84 Å². The fraction of sp³-hybridized carbons (Fsp3) is 0.391. The first-order valence-electron chi connectivity index (χ1n) is 10.2. The lowest BCUT2D eigenvalue weighted by Gasteiger charge is -2.15. The topological polar surface area (TPSA) is 59.9 Å². The Morgan fingerprint density at radius 2 is 1.75 bits per heavy atom. The van der Waals surface area contributed by atoms with Crippen LogP contribution >= 0.6 is 11.3 Å². The number of nitrogens with zero attached hydrogens (tertiary/aromatic N) is 2. The van der Waals surface area contributed by atoms with E-state index in [9.17, 15) is 21.6 Å². The lowest BCUT2D eigenvalue weighted by Crippen LogP contribution is -2.25. The first-order chi connectivity index (χ1) is 14.9. The Bertz CT molecular complexity index is 1200. The zero-order chi connectivity index (χ0) is 23.7. The van der Waals surface area contributed by atoms with Crippen LogP contribution in [0.1, 0.15) is 50.4 Å². The first kappa shape index (κ1) is 24.4. The first-order valence-corrected chi connectivity index (χ1v) is 12.7. The molecule has 0 N–H and O–H groups in total. The van der Waals surface area contributed by atoms with Crippen LogP contribution in [0.25, 0.3) is 21.8 Å². The molecule has 172 valence electrons. The van der Waals surface area contributed by atoms with E-state index in [0.717, 1.165) is 28.2 Å². The number of alkyl halides is 3. The van der Waals surface area contributed by atoms with Crippen LogP contribution in [0, 0.1) is 5.92 Å². The zero-order valence-electron chi connectivity index (χ0n) is 18.3. The Labute approximate surface area is 190 Å². The Balaban J connectivity index is 1.93. The molecule has 32 heavy (non-hydrogen) atoms. The molecular weight excluding hydrogens is 457 g/mol. The summed E-state index contributed by atoms with van der Waals surface area (Å²) in [6, 6.07) is 8.74. The van der Waals surface area contributed by atoms with E-state index in [1.54, 1.807) is 18.3 Å². The number of halogens is 3. The largest absolute Gasteiger partial charge is 0.497 e. The molecule has 2 heterocycles. The molecule has 0 radical (unpaired) electrons. The Kier molecular flexibility index (Phi) is 7.09. The molecule has 0 aliphatic carbocycles. The van der Waals surface area contributed by atoms with Gasteiger partial charge in [0, 0.05) is 28.4 Å². The highest BCUT2D eigenvalue weighted by molar-refractivity contribution is 7.91. The lowest BCUT2D eigenvalue weighted by molar-refractivity contribution is -0.0437. The standard InChI is InChI=1S/C23H25F3N2O2S2/c1-14(2)9-19-10-17(7-8-27-19)22-28-21(12-31-22)16-5-6-18(20(11-16)15(3)4)13-32(29,30)23(24,25)26/h5-8,10-12,14-15H,9,13H2,1-4H3. The maximum atomic E-state index is 12.9. The van der Waals surface area contributed by atoms with Gasteiger partial charge in [-0.25, -0.2) is 13.4 Å². The van der Waals surface area contributed by atoms with Crippen molar-refractivity contribution in [2.75, 3.05) is 0 Å². The summed E-state index contributed by atoms with van der Waals surface area (Å²) in [5, 5.41) is 2.71. The van der Waals surface area contributed by atoms with Crippen molar-refractivity contribution in [1.29, 1.82) is 0 Å². The van der Waals surface area contributed by atoms with Crippen LogP contribution in [0.4, 0.5) is 13.2 Å². The lowest BCUT2D eigenvalue weighted by atomic mass is 9.95. The number of hydrogen-bond donors (Lipinski definition) is 0. The van der Waals surface area contributed by atoms with Gasteiger partial charge < -0.3 is 0 Å². The summed E-state index contributed by atoms with van der Waals surface area (Å²) >= 11 is 1.47. The summed E-state index contributed by atoms with van der Waals surface area (Å²) in [5.41, 5.74) is -1.17. The number of sulfone groups is 1. The number of hydrogen-bond acceptors (Lipinski definition) is 5. The normalized spacial score (nSPS) is 12.7. The molecule has 0 aliphatic rings. The van der Waals surface area contributed by atoms with Gasteiger partial charge >= 0.3 is 5.51 Å². The van der Waals surface area contributed by atoms with Crippen LogP contribution < -0.4 is 0 Å². The molecule has 0 fully saturated rings. The van der Waals surface area contributed by atoms with Crippen molar-refractivity contribution >= 4 is 21.2 Å². The number of aromatic nitrogens is 2. The maximum absolute atomic E-state index is 12.9. The van der Waals surface area contributed by atoms with Crippen molar-refractivity contribution in [1.82, 2.24) is 9.97 Å². The van der Waals surface area contributed by atoms with Gasteiger partial charge in [-0.2, -0.15) is 13.2 Å². The van der Waals surface area contributed by atoms with Crippen LogP contribution in [0.5, 0.6) is 0 Å². The third kappa shape index (κ3) is 5.56. The minimum absolute atomic E-state index is 0.148. The van der Waals surface area contributed by atoms with Gasteiger partial charge in [0.1, 0.15) is 5.01 Å². The van der Waals surface area contributed by atoms with Crippen molar-refractivity contribution in [2.45, 2.75) is 51.3 Å². The summed E-state index contributed by atoms with van der Waals surface area (Å²) in [6.45, 7) is 7.91. The van der Waals surface area contributed by atoms with Gasteiger partial charge in [0.15, 0.2) is 0 Å². The average Bonchev–Trinajstić information content (AvgIpc) is 3.17. The third-order valence-corrected chi connectivity index (χ3v) is 7.23. The Morgan fingerprint density at radius 3 is 2.38 bits per heavy atom. The summed E-state index contributed by atoms with van der Waals surface area (Å²) in [7, 11) is -5.25. The number of benzene rings is 1. The molecule has 3 aromatic rings. The highest BCUT2D eigenvalue weighted by Gasteiger charge is 2.45. The number of rotatable bonds is 7. The zero-order valence-corrected chi connectivity index (χ0v) is 19.9. The van der Waals surface area contributed by atoms with E-state index in [-0.39, 0.29) is 11.5 Å². The Hall–Kier alpha value is -2.26. The molecular formula is C23H25F3N2O2S2.